The Bertz CT molecular complexity index is 1060. The molecule has 2 N–H and O–H groups in total. The van der Waals surface area contributed by atoms with Crippen LogP contribution in [0.2, 0.25) is 5.02 Å². The van der Waals surface area contributed by atoms with E-state index in [1.165, 1.54) is 11.8 Å². The lowest BCUT2D eigenvalue weighted by molar-refractivity contribution is -0.113. The van der Waals surface area contributed by atoms with Crippen molar-refractivity contribution in [2.24, 2.45) is 0 Å². The molecule has 0 saturated carbocycles. The normalized spacial score (nSPS) is 10.5. The van der Waals surface area contributed by atoms with Gasteiger partial charge in [-0.1, -0.05) is 30.3 Å². The number of hydrogen-bond acceptors (Lipinski definition) is 6. The fraction of sp³-hybridized carbons (Fsp3) is 0.238. The molecule has 0 radical (unpaired) electrons. The van der Waals surface area contributed by atoms with Crippen LogP contribution < -0.4 is 15.4 Å². The van der Waals surface area contributed by atoms with Crippen LogP contribution in [-0.2, 0) is 4.79 Å². The molecule has 2 amide bonds. The zero-order chi connectivity index (χ0) is 22.2. The van der Waals surface area contributed by atoms with Crippen LogP contribution in [0.5, 0.6) is 5.75 Å². The van der Waals surface area contributed by atoms with Crippen molar-refractivity contribution in [2.75, 3.05) is 24.7 Å². The quantitative estimate of drug-likeness (QED) is 0.472. The summed E-state index contributed by atoms with van der Waals surface area (Å²) < 4.78 is 6.95. The topological polar surface area (TPSA) is 98.1 Å². The smallest absolute Gasteiger partial charge is 0.253 e. The van der Waals surface area contributed by atoms with Gasteiger partial charge in [0.1, 0.15) is 12.1 Å². The first-order chi connectivity index (χ1) is 15.0. The maximum atomic E-state index is 12.6. The number of halogens is 1. The number of methoxy groups -OCH3 is 1. The molecule has 0 aliphatic heterocycles. The van der Waals surface area contributed by atoms with E-state index in [1.54, 1.807) is 36.2 Å². The van der Waals surface area contributed by atoms with Gasteiger partial charge in [0.15, 0.2) is 5.16 Å². The second-order valence-electron chi connectivity index (χ2n) is 6.46. The van der Waals surface area contributed by atoms with E-state index in [-0.39, 0.29) is 17.6 Å². The highest BCUT2D eigenvalue weighted by Crippen LogP contribution is 2.24. The van der Waals surface area contributed by atoms with Crippen LogP contribution in [0.3, 0.4) is 0 Å². The molecule has 0 saturated heterocycles. The summed E-state index contributed by atoms with van der Waals surface area (Å²) in [7, 11) is 1.60. The number of carbonyl (C=O) groups excluding carboxylic acids is 2. The summed E-state index contributed by atoms with van der Waals surface area (Å²) in [5.41, 5.74) is 1.57. The van der Waals surface area contributed by atoms with Crippen molar-refractivity contribution >= 4 is 40.9 Å². The van der Waals surface area contributed by atoms with Gasteiger partial charge >= 0.3 is 0 Å². The van der Waals surface area contributed by atoms with Crippen LogP contribution >= 0.6 is 23.4 Å². The third-order valence-corrected chi connectivity index (χ3v) is 5.41. The van der Waals surface area contributed by atoms with E-state index in [1.807, 2.05) is 31.2 Å². The largest absolute Gasteiger partial charge is 0.497 e. The Kier molecular flexibility index (Phi) is 7.91. The average Bonchev–Trinajstić information content (AvgIpc) is 3.25. The lowest BCUT2D eigenvalue weighted by Crippen LogP contribution is -2.26. The number of aromatic nitrogens is 3. The molecule has 0 aliphatic rings. The number of carbonyl (C=O) groups is 2. The minimum atomic E-state index is -0.291. The molecule has 0 bridgehead atoms. The summed E-state index contributed by atoms with van der Waals surface area (Å²) in [6.45, 7) is 2.51. The fourth-order valence-corrected chi connectivity index (χ4v) is 3.61. The average molecular weight is 460 g/mol. The molecule has 3 aromatic rings. The zero-order valence-electron chi connectivity index (χ0n) is 17.1. The molecule has 0 unspecified atom stereocenters. The zero-order valence-corrected chi connectivity index (χ0v) is 18.7. The molecule has 1 aromatic heterocycles. The minimum absolute atomic E-state index is 0.0807. The summed E-state index contributed by atoms with van der Waals surface area (Å²) in [6.07, 6.45) is 2.39. The molecule has 31 heavy (non-hydrogen) atoms. The van der Waals surface area contributed by atoms with Crippen molar-refractivity contribution in [3.63, 3.8) is 0 Å². The maximum Gasteiger partial charge on any atom is 0.253 e. The van der Waals surface area contributed by atoms with Crippen molar-refractivity contribution in [2.45, 2.75) is 18.5 Å². The molecule has 8 nitrogen and oxygen atoms in total. The predicted octanol–water partition coefficient (Wildman–Crippen LogP) is 3.80. The number of thioether (sulfide) groups is 1. The Morgan fingerprint density at radius 3 is 2.68 bits per heavy atom. The second-order valence-corrected chi connectivity index (χ2v) is 7.84. The summed E-state index contributed by atoms with van der Waals surface area (Å²) in [5, 5.41) is 14.6. The SMILES string of the molecule is CCCNC(=O)c1ccc(Cl)cc1NC(=O)CSc1nncn1-c1ccc(OC)cc1. The van der Waals surface area contributed by atoms with Crippen LogP contribution in [0, 0.1) is 0 Å². The van der Waals surface area contributed by atoms with Gasteiger partial charge < -0.3 is 15.4 Å². The Hall–Kier alpha value is -3.04. The number of ether oxygens (including phenoxy) is 1. The van der Waals surface area contributed by atoms with E-state index in [4.69, 9.17) is 16.3 Å². The van der Waals surface area contributed by atoms with E-state index in [0.717, 1.165) is 17.9 Å². The van der Waals surface area contributed by atoms with Crippen molar-refractivity contribution in [1.82, 2.24) is 20.1 Å². The maximum absolute atomic E-state index is 12.6. The summed E-state index contributed by atoms with van der Waals surface area (Å²) in [6, 6.07) is 12.2. The number of benzene rings is 2. The third-order valence-electron chi connectivity index (χ3n) is 4.24. The molecular weight excluding hydrogens is 438 g/mol. The molecule has 0 spiro atoms. The number of hydrogen-bond donors (Lipinski definition) is 2. The van der Waals surface area contributed by atoms with E-state index in [2.05, 4.69) is 20.8 Å². The molecular formula is C21H22ClN5O3S. The summed E-state index contributed by atoms with van der Waals surface area (Å²) in [5.74, 6) is 0.268. The third kappa shape index (κ3) is 5.99. The lowest BCUT2D eigenvalue weighted by Gasteiger charge is -2.12. The van der Waals surface area contributed by atoms with Gasteiger partial charge in [0.25, 0.3) is 5.91 Å². The van der Waals surface area contributed by atoms with E-state index < -0.39 is 0 Å². The number of amides is 2. The van der Waals surface area contributed by atoms with Gasteiger partial charge in [0.05, 0.1) is 24.1 Å². The number of nitrogens with zero attached hydrogens (tertiary/aromatic N) is 3. The standard InChI is InChI=1S/C21H22ClN5O3S/c1-3-10-23-20(29)17-9-4-14(22)11-18(17)25-19(28)12-31-21-26-24-13-27(21)15-5-7-16(30-2)8-6-15/h4-9,11,13H,3,10,12H2,1-2H3,(H,23,29)(H,25,28). The highest BCUT2D eigenvalue weighted by Gasteiger charge is 2.15. The van der Waals surface area contributed by atoms with Crippen molar-refractivity contribution in [3.8, 4) is 11.4 Å². The summed E-state index contributed by atoms with van der Waals surface area (Å²) in [4.78, 5) is 24.9. The monoisotopic (exact) mass is 459 g/mol. The number of nitrogens with one attached hydrogen (secondary N) is 2. The van der Waals surface area contributed by atoms with E-state index in [9.17, 15) is 9.59 Å². The molecule has 0 atom stereocenters. The lowest BCUT2D eigenvalue weighted by atomic mass is 10.1. The number of rotatable bonds is 9. The molecule has 0 fully saturated rings. The van der Waals surface area contributed by atoms with Gasteiger partial charge in [-0.25, -0.2) is 0 Å². The van der Waals surface area contributed by atoms with E-state index >= 15 is 0 Å². The van der Waals surface area contributed by atoms with Crippen LogP contribution in [0.4, 0.5) is 5.69 Å². The van der Waals surface area contributed by atoms with Crippen LogP contribution in [0.1, 0.15) is 23.7 Å². The van der Waals surface area contributed by atoms with Crippen LogP contribution in [-0.4, -0.2) is 46.0 Å². The minimum Gasteiger partial charge on any atom is -0.497 e. The van der Waals surface area contributed by atoms with Gasteiger partial charge in [-0.3, -0.25) is 14.2 Å². The van der Waals surface area contributed by atoms with Crippen LogP contribution in [0.25, 0.3) is 5.69 Å². The first-order valence-corrected chi connectivity index (χ1v) is 10.9. The number of anilines is 1. The van der Waals surface area contributed by atoms with Crippen molar-refractivity contribution in [3.05, 3.63) is 59.4 Å². The Morgan fingerprint density at radius 1 is 1.19 bits per heavy atom. The fourth-order valence-electron chi connectivity index (χ4n) is 2.71. The second kappa shape index (κ2) is 10.8. The van der Waals surface area contributed by atoms with Gasteiger partial charge in [0.2, 0.25) is 5.91 Å². The molecule has 0 aliphatic carbocycles. The van der Waals surface area contributed by atoms with Gasteiger partial charge in [-0.2, -0.15) is 0 Å². The summed E-state index contributed by atoms with van der Waals surface area (Å²) >= 11 is 7.29. The van der Waals surface area contributed by atoms with Gasteiger partial charge in [-0.15, -0.1) is 10.2 Å². The molecule has 2 aromatic carbocycles. The predicted molar refractivity (Wildman–Crippen MR) is 121 cm³/mol. The van der Waals surface area contributed by atoms with Gasteiger partial charge in [-0.05, 0) is 48.9 Å². The van der Waals surface area contributed by atoms with Crippen LogP contribution in [0.15, 0.2) is 53.9 Å². The highest BCUT2D eigenvalue weighted by molar-refractivity contribution is 7.99. The van der Waals surface area contributed by atoms with Gasteiger partial charge in [0, 0.05) is 17.3 Å². The van der Waals surface area contributed by atoms with E-state index in [0.29, 0.717) is 28.0 Å². The highest BCUT2D eigenvalue weighted by atomic mass is 35.5. The molecule has 162 valence electrons. The molecule has 1 heterocycles. The van der Waals surface area contributed by atoms with Crippen molar-refractivity contribution < 1.29 is 14.3 Å². The first-order valence-electron chi connectivity index (χ1n) is 9.56. The van der Waals surface area contributed by atoms with Crippen molar-refractivity contribution in [1.29, 1.82) is 0 Å². The molecule has 3 rings (SSSR count). The first kappa shape index (κ1) is 22.6. The Balaban J connectivity index is 1.67. The Labute approximate surface area is 189 Å². The Morgan fingerprint density at radius 2 is 1.97 bits per heavy atom. The molecule has 10 heteroatoms.